The van der Waals surface area contributed by atoms with Crippen LogP contribution < -0.4 is 14.8 Å². The fourth-order valence-electron chi connectivity index (χ4n) is 3.07. The number of methoxy groups -OCH3 is 1. The van der Waals surface area contributed by atoms with Gasteiger partial charge in [0.25, 0.3) is 0 Å². The van der Waals surface area contributed by atoms with Crippen LogP contribution in [0, 0.1) is 0 Å². The molecule has 1 amide bonds. The highest BCUT2D eigenvalue weighted by molar-refractivity contribution is 7.99. The lowest BCUT2D eigenvalue weighted by molar-refractivity contribution is -0.137. The molecule has 33 heavy (non-hydrogen) atoms. The van der Waals surface area contributed by atoms with Gasteiger partial charge in [0, 0.05) is 6.54 Å². The largest absolute Gasteiger partial charge is 0.497 e. The molecule has 1 aromatic heterocycles. The zero-order valence-electron chi connectivity index (χ0n) is 18.2. The van der Waals surface area contributed by atoms with Crippen molar-refractivity contribution in [2.45, 2.75) is 37.8 Å². The average molecular weight is 481 g/mol. The maximum atomic E-state index is 13.1. The van der Waals surface area contributed by atoms with Crippen molar-refractivity contribution in [2.24, 2.45) is 0 Å². The van der Waals surface area contributed by atoms with Gasteiger partial charge in [-0.15, -0.1) is 10.2 Å². The van der Waals surface area contributed by atoms with Gasteiger partial charge < -0.3 is 19.4 Å². The molecule has 2 aromatic carbocycles. The number of alkyl halides is 3. The van der Waals surface area contributed by atoms with Gasteiger partial charge in [-0.3, -0.25) is 4.79 Å². The van der Waals surface area contributed by atoms with Gasteiger partial charge in [-0.2, -0.15) is 13.2 Å². The fourth-order valence-corrected chi connectivity index (χ4v) is 3.88. The number of anilines is 1. The number of halogens is 3. The summed E-state index contributed by atoms with van der Waals surface area (Å²) in [6.45, 7) is 4.26. The van der Waals surface area contributed by atoms with Crippen molar-refractivity contribution in [2.75, 3.05) is 18.2 Å². The lowest BCUT2D eigenvalue weighted by Gasteiger charge is -2.16. The van der Waals surface area contributed by atoms with Crippen molar-refractivity contribution in [1.82, 2.24) is 14.8 Å². The molecule has 0 fully saturated rings. The number of rotatable bonds is 9. The topological polar surface area (TPSA) is 78.3 Å². The Kier molecular flexibility index (Phi) is 7.85. The molecule has 0 saturated heterocycles. The highest BCUT2D eigenvalue weighted by Gasteiger charge is 2.33. The molecule has 0 radical (unpaired) electrons. The number of thioether (sulfide) groups is 1. The maximum absolute atomic E-state index is 13.1. The molecule has 0 aliphatic heterocycles. The number of para-hydroxylation sites is 1. The van der Waals surface area contributed by atoms with Crippen LogP contribution in [-0.2, 0) is 17.5 Å². The van der Waals surface area contributed by atoms with Gasteiger partial charge in [-0.25, -0.2) is 0 Å². The number of hydrogen-bond donors (Lipinski definition) is 1. The Bertz CT molecular complexity index is 1090. The predicted molar refractivity (Wildman–Crippen MR) is 119 cm³/mol. The molecule has 1 heterocycles. The molecule has 0 bridgehead atoms. The quantitative estimate of drug-likeness (QED) is 0.425. The minimum atomic E-state index is -4.56. The van der Waals surface area contributed by atoms with Crippen molar-refractivity contribution in [3.63, 3.8) is 0 Å². The highest BCUT2D eigenvalue weighted by atomic mass is 32.2. The second kappa shape index (κ2) is 10.6. The molecule has 7 nitrogen and oxygen atoms in total. The van der Waals surface area contributed by atoms with Gasteiger partial charge in [0.05, 0.1) is 24.1 Å². The van der Waals surface area contributed by atoms with E-state index in [0.717, 1.165) is 17.8 Å². The second-order valence-electron chi connectivity index (χ2n) is 6.90. The molecular weight excluding hydrogens is 457 g/mol. The Hall–Kier alpha value is -3.21. The minimum absolute atomic E-state index is 0.127. The van der Waals surface area contributed by atoms with E-state index in [-0.39, 0.29) is 11.4 Å². The van der Waals surface area contributed by atoms with Crippen LogP contribution in [0.4, 0.5) is 18.9 Å². The van der Waals surface area contributed by atoms with E-state index in [9.17, 15) is 18.0 Å². The Labute approximate surface area is 193 Å². The number of amides is 1. The molecule has 3 aromatic rings. The van der Waals surface area contributed by atoms with Gasteiger partial charge in [0.2, 0.25) is 5.91 Å². The zero-order valence-corrected chi connectivity index (χ0v) is 19.0. The summed E-state index contributed by atoms with van der Waals surface area (Å²) in [5.41, 5.74) is -1.18. The second-order valence-corrected chi connectivity index (χ2v) is 7.84. The van der Waals surface area contributed by atoms with Crippen LogP contribution in [-0.4, -0.2) is 33.5 Å². The van der Waals surface area contributed by atoms with E-state index in [1.807, 2.05) is 13.8 Å². The van der Waals surface area contributed by atoms with E-state index < -0.39 is 23.8 Å². The summed E-state index contributed by atoms with van der Waals surface area (Å²) < 4.78 is 52.2. The van der Waals surface area contributed by atoms with E-state index in [2.05, 4.69) is 15.5 Å². The molecule has 0 spiro atoms. The van der Waals surface area contributed by atoms with Crippen molar-refractivity contribution in [3.05, 3.63) is 59.9 Å². The molecule has 0 aliphatic rings. The van der Waals surface area contributed by atoms with E-state index in [1.165, 1.54) is 18.2 Å². The standard InChI is InChI=1S/C22H23F3N4O3S/c1-4-29-20(14(2)32-16-11-9-15(31-3)10-12-16)27-28-21(29)33-13-19(30)26-18-8-6-5-7-17(18)22(23,24)25/h5-12,14H,4,13H2,1-3H3,(H,26,30). The molecule has 1 unspecified atom stereocenters. The molecule has 176 valence electrons. The third kappa shape index (κ3) is 6.19. The average Bonchev–Trinajstić information content (AvgIpc) is 3.21. The van der Waals surface area contributed by atoms with Gasteiger partial charge in [-0.1, -0.05) is 23.9 Å². The fraction of sp³-hybridized carbons (Fsp3) is 0.318. The summed E-state index contributed by atoms with van der Waals surface area (Å²) in [7, 11) is 1.58. The van der Waals surface area contributed by atoms with Gasteiger partial charge in [0.15, 0.2) is 17.1 Å². The molecular formula is C22H23F3N4O3S. The number of nitrogens with zero attached hydrogens (tertiary/aromatic N) is 3. The lowest BCUT2D eigenvalue weighted by atomic mass is 10.1. The van der Waals surface area contributed by atoms with Crippen molar-refractivity contribution >= 4 is 23.4 Å². The molecule has 0 saturated carbocycles. The molecule has 1 N–H and O–H groups in total. The summed E-state index contributed by atoms with van der Waals surface area (Å²) in [5, 5.41) is 11.1. The van der Waals surface area contributed by atoms with Crippen LogP contribution in [0.25, 0.3) is 0 Å². The molecule has 11 heteroatoms. The van der Waals surface area contributed by atoms with Crippen LogP contribution >= 0.6 is 11.8 Å². The summed E-state index contributed by atoms with van der Waals surface area (Å²) in [6, 6.07) is 12.0. The van der Waals surface area contributed by atoms with Crippen LogP contribution in [0.3, 0.4) is 0 Å². The maximum Gasteiger partial charge on any atom is 0.418 e. The number of ether oxygens (including phenoxy) is 2. The molecule has 1 atom stereocenters. The van der Waals surface area contributed by atoms with Gasteiger partial charge >= 0.3 is 6.18 Å². The summed E-state index contributed by atoms with van der Waals surface area (Å²) in [5.74, 6) is 1.20. The number of nitrogens with one attached hydrogen (secondary N) is 1. The number of aromatic nitrogens is 3. The van der Waals surface area contributed by atoms with Crippen LogP contribution in [0.1, 0.15) is 31.3 Å². The smallest absolute Gasteiger partial charge is 0.418 e. The number of carbonyl (C=O) groups is 1. The number of carbonyl (C=O) groups excluding carboxylic acids is 1. The van der Waals surface area contributed by atoms with Crippen molar-refractivity contribution in [1.29, 1.82) is 0 Å². The minimum Gasteiger partial charge on any atom is -0.497 e. The summed E-state index contributed by atoms with van der Waals surface area (Å²) in [4.78, 5) is 12.3. The predicted octanol–water partition coefficient (Wildman–Crippen LogP) is 5.20. The third-order valence-corrected chi connectivity index (χ3v) is 5.60. The number of hydrogen-bond acceptors (Lipinski definition) is 6. The normalized spacial score (nSPS) is 12.3. The Balaban J connectivity index is 1.65. The first-order valence-corrected chi connectivity index (χ1v) is 11.0. The monoisotopic (exact) mass is 480 g/mol. The first kappa shape index (κ1) is 24.4. The molecule has 0 aliphatic carbocycles. The van der Waals surface area contributed by atoms with E-state index in [4.69, 9.17) is 9.47 Å². The van der Waals surface area contributed by atoms with Crippen LogP contribution in [0.2, 0.25) is 0 Å². The van der Waals surface area contributed by atoms with Crippen LogP contribution in [0.15, 0.2) is 53.7 Å². The Morgan fingerprint density at radius 1 is 1.12 bits per heavy atom. The van der Waals surface area contributed by atoms with Gasteiger partial charge in [0.1, 0.15) is 11.5 Å². The first-order valence-electron chi connectivity index (χ1n) is 10.1. The zero-order chi connectivity index (χ0) is 24.0. The van der Waals surface area contributed by atoms with E-state index in [1.54, 1.807) is 35.9 Å². The Morgan fingerprint density at radius 2 is 1.79 bits per heavy atom. The SMILES string of the molecule is CCn1c(SCC(=O)Nc2ccccc2C(F)(F)F)nnc1C(C)Oc1ccc(OC)cc1. The third-order valence-electron chi connectivity index (χ3n) is 4.64. The highest BCUT2D eigenvalue weighted by Crippen LogP contribution is 2.34. The lowest BCUT2D eigenvalue weighted by Crippen LogP contribution is -2.18. The van der Waals surface area contributed by atoms with E-state index in [0.29, 0.717) is 29.0 Å². The van der Waals surface area contributed by atoms with Crippen LogP contribution in [0.5, 0.6) is 11.5 Å². The van der Waals surface area contributed by atoms with Crippen molar-refractivity contribution < 1.29 is 27.4 Å². The number of benzene rings is 2. The van der Waals surface area contributed by atoms with E-state index >= 15 is 0 Å². The van der Waals surface area contributed by atoms with Crippen molar-refractivity contribution in [3.8, 4) is 11.5 Å². The first-order chi connectivity index (χ1) is 15.7. The summed E-state index contributed by atoms with van der Waals surface area (Å²) >= 11 is 1.09. The summed E-state index contributed by atoms with van der Waals surface area (Å²) in [6.07, 6.45) is -4.98. The molecule has 3 rings (SSSR count). The Morgan fingerprint density at radius 3 is 2.42 bits per heavy atom. The van der Waals surface area contributed by atoms with Gasteiger partial charge in [-0.05, 0) is 50.2 Å².